The van der Waals surface area contributed by atoms with Crippen molar-refractivity contribution in [3.05, 3.63) is 0 Å². The van der Waals surface area contributed by atoms with E-state index in [0.717, 1.165) is 0 Å². The summed E-state index contributed by atoms with van der Waals surface area (Å²) in [5.74, 6) is -0.0755. The van der Waals surface area contributed by atoms with Crippen LogP contribution in [-0.2, 0) is 9.59 Å². The lowest BCUT2D eigenvalue weighted by atomic mass is 10.00. The maximum absolute atomic E-state index is 11.9. The van der Waals surface area contributed by atoms with Crippen LogP contribution in [0.15, 0.2) is 0 Å². The van der Waals surface area contributed by atoms with Gasteiger partial charge in [-0.2, -0.15) is 0 Å². The second-order valence-electron chi connectivity index (χ2n) is 5.18. The van der Waals surface area contributed by atoms with Gasteiger partial charge in [-0.25, -0.2) is 0 Å². The molecular weight excluding hydrogens is 218 g/mol. The first kappa shape index (κ1) is 15.9. The Kier molecular flexibility index (Phi) is 6.16. The van der Waals surface area contributed by atoms with E-state index >= 15 is 0 Å². The van der Waals surface area contributed by atoms with Crippen molar-refractivity contribution in [2.24, 2.45) is 5.73 Å². The van der Waals surface area contributed by atoms with E-state index in [1.165, 1.54) is 4.90 Å². The Bertz CT molecular complexity index is 269. The van der Waals surface area contributed by atoms with Gasteiger partial charge in [0.05, 0.1) is 6.54 Å². The summed E-state index contributed by atoms with van der Waals surface area (Å²) in [7, 11) is 3.37. The molecule has 0 atom stereocenters. The molecule has 0 bridgehead atoms. The number of carbonyl (C=O) groups excluding carboxylic acids is 2. The third-order valence-corrected chi connectivity index (χ3v) is 2.54. The van der Waals surface area contributed by atoms with Crippen molar-refractivity contribution in [1.29, 1.82) is 0 Å². The molecule has 2 N–H and O–H groups in total. The monoisotopic (exact) mass is 243 g/mol. The number of carbonyl (C=O) groups is 2. The smallest absolute Gasteiger partial charge is 0.241 e. The Morgan fingerprint density at radius 3 is 2.06 bits per heavy atom. The number of nitrogens with zero attached hydrogens (tertiary/aromatic N) is 2. The Balaban J connectivity index is 4.27. The van der Waals surface area contributed by atoms with Crippen molar-refractivity contribution < 1.29 is 9.59 Å². The van der Waals surface area contributed by atoms with Crippen molar-refractivity contribution in [2.45, 2.75) is 39.2 Å². The Morgan fingerprint density at radius 1 is 1.18 bits per heavy atom. The quantitative estimate of drug-likeness (QED) is 0.736. The van der Waals surface area contributed by atoms with Crippen molar-refractivity contribution in [2.75, 3.05) is 27.2 Å². The molecule has 0 spiro atoms. The molecule has 0 heterocycles. The SMILES string of the molecule is CCN(CC(=O)N(C)C)C(=O)CCC(C)(C)N. The highest BCUT2D eigenvalue weighted by molar-refractivity contribution is 5.84. The van der Waals surface area contributed by atoms with Crippen molar-refractivity contribution >= 4 is 11.8 Å². The van der Waals surface area contributed by atoms with Gasteiger partial charge in [-0.15, -0.1) is 0 Å². The number of likely N-dealkylation sites (N-methyl/N-ethyl adjacent to an activating group) is 2. The number of hydrogen-bond donors (Lipinski definition) is 1. The minimum atomic E-state index is -0.347. The van der Waals surface area contributed by atoms with Gasteiger partial charge in [0.1, 0.15) is 0 Å². The van der Waals surface area contributed by atoms with Crippen LogP contribution in [0.3, 0.4) is 0 Å². The van der Waals surface area contributed by atoms with Crippen molar-refractivity contribution in [1.82, 2.24) is 9.80 Å². The summed E-state index contributed by atoms with van der Waals surface area (Å²) < 4.78 is 0. The first-order valence-corrected chi connectivity index (χ1v) is 5.94. The minimum Gasteiger partial charge on any atom is -0.347 e. The molecule has 0 saturated carbocycles. The molecule has 0 aromatic heterocycles. The van der Waals surface area contributed by atoms with Crippen LogP contribution in [0.2, 0.25) is 0 Å². The summed E-state index contributed by atoms with van der Waals surface area (Å²) >= 11 is 0. The standard InChI is InChI=1S/C12H25N3O2/c1-6-15(9-11(17)14(4)5)10(16)7-8-12(2,3)13/h6-9,13H2,1-5H3. The van der Waals surface area contributed by atoms with Crippen LogP contribution in [-0.4, -0.2) is 54.3 Å². The predicted octanol–water partition coefficient (Wildman–Crippen LogP) is 0.441. The van der Waals surface area contributed by atoms with E-state index in [2.05, 4.69) is 0 Å². The second kappa shape index (κ2) is 6.59. The third kappa shape index (κ3) is 6.94. The van der Waals surface area contributed by atoms with Gasteiger partial charge >= 0.3 is 0 Å². The van der Waals surface area contributed by atoms with E-state index in [1.54, 1.807) is 19.0 Å². The van der Waals surface area contributed by atoms with Gasteiger partial charge in [0, 0.05) is 32.6 Å². The largest absolute Gasteiger partial charge is 0.347 e. The molecule has 5 heteroatoms. The fourth-order valence-electron chi connectivity index (χ4n) is 1.27. The molecule has 0 aliphatic rings. The summed E-state index contributed by atoms with van der Waals surface area (Å²) in [6.45, 7) is 6.34. The molecule has 0 aliphatic carbocycles. The molecule has 0 unspecified atom stereocenters. The summed E-state index contributed by atoms with van der Waals surface area (Å²) in [4.78, 5) is 26.5. The third-order valence-electron chi connectivity index (χ3n) is 2.54. The first-order valence-electron chi connectivity index (χ1n) is 5.94. The molecule has 0 rings (SSSR count). The highest BCUT2D eigenvalue weighted by Crippen LogP contribution is 2.09. The van der Waals surface area contributed by atoms with Gasteiger partial charge in [0.15, 0.2) is 0 Å². The zero-order chi connectivity index (χ0) is 13.6. The molecule has 0 aliphatic heterocycles. The summed E-state index contributed by atoms with van der Waals surface area (Å²) in [6, 6.07) is 0. The molecule has 0 radical (unpaired) electrons. The van der Waals surface area contributed by atoms with E-state index < -0.39 is 0 Å². The first-order chi connectivity index (χ1) is 7.67. The average molecular weight is 243 g/mol. The van der Waals surface area contributed by atoms with Crippen molar-refractivity contribution in [3.63, 3.8) is 0 Å². The zero-order valence-electron chi connectivity index (χ0n) is 11.6. The summed E-state index contributed by atoms with van der Waals surface area (Å²) in [5, 5.41) is 0. The van der Waals surface area contributed by atoms with Gasteiger partial charge in [0.25, 0.3) is 0 Å². The normalized spacial score (nSPS) is 11.2. The van der Waals surface area contributed by atoms with Crippen LogP contribution in [0.1, 0.15) is 33.6 Å². The van der Waals surface area contributed by atoms with Crippen LogP contribution < -0.4 is 5.73 Å². The molecule has 0 aromatic rings. The van der Waals surface area contributed by atoms with E-state index in [0.29, 0.717) is 19.4 Å². The Labute approximate surface area is 104 Å². The fourth-order valence-corrected chi connectivity index (χ4v) is 1.27. The van der Waals surface area contributed by atoms with Crippen LogP contribution in [0.4, 0.5) is 0 Å². The topological polar surface area (TPSA) is 66.6 Å². The maximum atomic E-state index is 11.9. The number of rotatable bonds is 6. The van der Waals surface area contributed by atoms with Crippen LogP contribution >= 0.6 is 0 Å². The molecule has 5 nitrogen and oxygen atoms in total. The number of hydrogen-bond acceptors (Lipinski definition) is 3. The van der Waals surface area contributed by atoms with Crippen LogP contribution in [0.25, 0.3) is 0 Å². The summed E-state index contributed by atoms with van der Waals surface area (Å²) in [6.07, 6.45) is 1.01. The second-order valence-corrected chi connectivity index (χ2v) is 5.18. The fraction of sp³-hybridized carbons (Fsp3) is 0.833. The van der Waals surface area contributed by atoms with E-state index in [-0.39, 0.29) is 23.9 Å². The highest BCUT2D eigenvalue weighted by atomic mass is 16.2. The predicted molar refractivity (Wildman–Crippen MR) is 68.4 cm³/mol. The molecule has 2 amide bonds. The van der Waals surface area contributed by atoms with Crippen LogP contribution in [0.5, 0.6) is 0 Å². The Morgan fingerprint density at radius 2 is 1.71 bits per heavy atom. The lowest BCUT2D eigenvalue weighted by molar-refractivity contribution is -0.139. The van der Waals surface area contributed by atoms with E-state index in [1.807, 2.05) is 20.8 Å². The van der Waals surface area contributed by atoms with Gasteiger partial charge < -0.3 is 15.5 Å². The zero-order valence-corrected chi connectivity index (χ0v) is 11.6. The van der Waals surface area contributed by atoms with Crippen LogP contribution in [0, 0.1) is 0 Å². The molecule has 0 saturated heterocycles. The average Bonchev–Trinajstić information content (AvgIpc) is 2.20. The highest BCUT2D eigenvalue weighted by Gasteiger charge is 2.19. The molecular formula is C12H25N3O2. The molecule has 17 heavy (non-hydrogen) atoms. The van der Waals surface area contributed by atoms with Gasteiger partial charge in [0.2, 0.25) is 11.8 Å². The Hall–Kier alpha value is -1.10. The molecule has 0 fully saturated rings. The van der Waals surface area contributed by atoms with Crippen molar-refractivity contribution in [3.8, 4) is 0 Å². The summed E-state index contributed by atoms with van der Waals surface area (Å²) in [5.41, 5.74) is 5.48. The minimum absolute atomic E-state index is 0.0128. The van der Waals surface area contributed by atoms with Gasteiger partial charge in [-0.05, 0) is 27.2 Å². The lowest BCUT2D eigenvalue weighted by Gasteiger charge is -2.24. The maximum Gasteiger partial charge on any atom is 0.241 e. The number of amides is 2. The lowest BCUT2D eigenvalue weighted by Crippen LogP contribution is -2.41. The van der Waals surface area contributed by atoms with Gasteiger partial charge in [-0.3, -0.25) is 9.59 Å². The van der Waals surface area contributed by atoms with E-state index in [4.69, 9.17) is 5.73 Å². The number of nitrogens with two attached hydrogens (primary N) is 1. The molecule has 0 aromatic carbocycles. The van der Waals surface area contributed by atoms with E-state index in [9.17, 15) is 9.59 Å². The van der Waals surface area contributed by atoms with Gasteiger partial charge in [-0.1, -0.05) is 0 Å². The molecule has 100 valence electrons.